The van der Waals surface area contributed by atoms with Crippen LogP contribution in [0.3, 0.4) is 0 Å². The van der Waals surface area contributed by atoms with Crippen molar-refractivity contribution < 1.29 is 24.5 Å². The molecule has 0 aliphatic carbocycles. The fourth-order valence-corrected chi connectivity index (χ4v) is 7.45. The molecule has 3 aromatic carbocycles. The van der Waals surface area contributed by atoms with Crippen molar-refractivity contribution in [1.29, 1.82) is 5.26 Å². The molecular formula is C40H42BrClN6O5. The fourth-order valence-electron chi connectivity index (χ4n) is 6.62. The molecule has 1 saturated heterocycles. The quantitative estimate of drug-likeness (QED) is 0.0817. The second-order valence-corrected chi connectivity index (χ2v) is 14.5. The molecule has 0 saturated carbocycles. The van der Waals surface area contributed by atoms with Crippen LogP contribution in [0.25, 0.3) is 22.0 Å². The number of ether oxygens (including phenoxy) is 2. The van der Waals surface area contributed by atoms with Gasteiger partial charge in [0.2, 0.25) is 0 Å². The van der Waals surface area contributed by atoms with Gasteiger partial charge in [-0.2, -0.15) is 10.4 Å². The van der Waals surface area contributed by atoms with Crippen molar-refractivity contribution in [3.05, 3.63) is 105 Å². The van der Waals surface area contributed by atoms with Gasteiger partial charge in [-0.25, -0.2) is 0 Å². The molecule has 2 atom stereocenters. The molecule has 0 bridgehead atoms. The lowest BCUT2D eigenvalue weighted by Gasteiger charge is -2.20. The first-order chi connectivity index (χ1) is 25.7. The highest BCUT2D eigenvalue weighted by Gasteiger charge is 2.29. The molecule has 1 fully saturated rings. The first kappa shape index (κ1) is 38.2. The van der Waals surface area contributed by atoms with E-state index in [4.69, 9.17) is 26.2 Å². The maximum absolute atomic E-state index is 11.5. The molecule has 6 rings (SSSR count). The number of halogens is 2. The normalized spacial score (nSPS) is 15.0. The standard InChI is InChI=1S/C40H42BrClN6O5/c1-26(23-49)45-21-30-16-34(42)38(17-37(30)52-24-28-15-27(18-43)19-44-20-28)53-25-29-7-4-9-32(39(29)41)31-8-5-10-35-33(31)22-46-48(35)14-3-2-12-47-13-6-11-36(47)40(50)51/h4-5,7-10,15-17,19-20,22,26,36,45,49H,2-3,6,11-14,21,23-25H2,1H3,(H,50,51). The van der Waals surface area contributed by atoms with Crippen LogP contribution in [0.2, 0.25) is 5.02 Å². The van der Waals surface area contributed by atoms with Gasteiger partial charge in [-0.3, -0.25) is 19.4 Å². The summed E-state index contributed by atoms with van der Waals surface area (Å²) in [5, 5.41) is 37.7. The molecule has 2 unspecified atom stereocenters. The van der Waals surface area contributed by atoms with Gasteiger partial charge in [0, 0.05) is 64.1 Å². The Bertz CT molecular complexity index is 2100. The van der Waals surface area contributed by atoms with Gasteiger partial charge in [-0.1, -0.05) is 41.9 Å². The number of nitrogens with one attached hydrogen (secondary N) is 1. The van der Waals surface area contributed by atoms with Gasteiger partial charge in [0.05, 0.1) is 28.9 Å². The predicted octanol–water partition coefficient (Wildman–Crippen LogP) is 7.34. The number of likely N-dealkylation sites (tertiary alicyclic amines) is 1. The van der Waals surface area contributed by atoms with Crippen molar-refractivity contribution in [3.63, 3.8) is 0 Å². The van der Waals surface area contributed by atoms with Crippen molar-refractivity contribution in [2.24, 2.45) is 0 Å². The Morgan fingerprint density at radius 3 is 2.66 bits per heavy atom. The first-order valence-corrected chi connectivity index (χ1v) is 18.9. The Morgan fingerprint density at radius 2 is 1.85 bits per heavy atom. The first-order valence-electron chi connectivity index (χ1n) is 17.7. The van der Waals surface area contributed by atoms with Crippen molar-refractivity contribution in [1.82, 2.24) is 25.0 Å². The highest BCUT2D eigenvalue weighted by atomic mass is 79.9. The Morgan fingerprint density at radius 1 is 1.06 bits per heavy atom. The van der Waals surface area contributed by atoms with Gasteiger partial charge >= 0.3 is 5.97 Å². The largest absolute Gasteiger partial charge is 0.488 e. The smallest absolute Gasteiger partial charge is 0.320 e. The Hall–Kier alpha value is -4.51. The van der Waals surface area contributed by atoms with E-state index in [1.165, 1.54) is 6.20 Å². The molecule has 1 aliphatic rings. The third kappa shape index (κ3) is 9.36. The molecule has 0 radical (unpaired) electrons. The molecule has 13 heteroatoms. The number of carbonyl (C=O) groups is 1. The molecule has 1 aliphatic heterocycles. The summed E-state index contributed by atoms with van der Waals surface area (Å²) in [5.74, 6) is 0.287. The van der Waals surface area contributed by atoms with Crippen LogP contribution in [0.5, 0.6) is 11.5 Å². The summed E-state index contributed by atoms with van der Waals surface area (Å²) in [6.45, 7) is 5.08. The van der Waals surface area contributed by atoms with E-state index in [2.05, 4.69) is 55.4 Å². The minimum Gasteiger partial charge on any atom is -0.488 e. The van der Waals surface area contributed by atoms with Gasteiger partial charge in [-0.15, -0.1) is 0 Å². The number of carboxylic acid groups (broad SMARTS) is 1. The van der Waals surface area contributed by atoms with Gasteiger partial charge in [0.15, 0.2) is 0 Å². The highest BCUT2D eigenvalue weighted by Crippen LogP contribution is 2.38. The molecule has 0 spiro atoms. The lowest BCUT2D eigenvalue weighted by molar-refractivity contribution is -0.142. The van der Waals surface area contributed by atoms with Gasteiger partial charge in [0.1, 0.15) is 36.8 Å². The summed E-state index contributed by atoms with van der Waals surface area (Å²) in [4.78, 5) is 17.8. The molecular weight excluding hydrogens is 760 g/mol. The molecule has 5 aromatic rings. The van der Waals surface area contributed by atoms with E-state index in [9.17, 15) is 20.3 Å². The second-order valence-electron chi connectivity index (χ2n) is 13.2. The molecule has 0 amide bonds. The number of hydrogen-bond donors (Lipinski definition) is 3. The number of hydrogen-bond acceptors (Lipinski definition) is 9. The molecule has 2 aromatic heterocycles. The van der Waals surface area contributed by atoms with Gasteiger partial charge < -0.3 is 25.0 Å². The number of aliphatic hydroxyl groups is 1. The minimum atomic E-state index is -0.722. The maximum Gasteiger partial charge on any atom is 0.320 e. The van der Waals surface area contributed by atoms with Gasteiger partial charge in [-0.05, 0) is 91.0 Å². The summed E-state index contributed by atoms with van der Waals surface area (Å²) in [5.41, 5.74) is 6.01. The molecule has 53 heavy (non-hydrogen) atoms. The van der Waals surface area contributed by atoms with Crippen LogP contribution in [-0.4, -0.2) is 67.6 Å². The molecule has 3 N–H and O–H groups in total. The number of pyridine rings is 1. The van der Waals surface area contributed by atoms with Crippen LogP contribution in [0.4, 0.5) is 0 Å². The Balaban J connectivity index is 1.16. The number of benzene rings is 3. The van der Waals surface area contributed by atoms with Gasteiger partial charge in [0.25, 0.3) is 0 Å². The molecule has 3 heterocycles. The number of aromatic nitrogens is 3. The van der Waals surface area contributed by atoms with E-state index in [0.29, 0.717) is 28.6 Å². The van der Waals surface area contributed by atoms with E-state index < -0.39 is 5.97 Å². The molecule has 276 valence electrons. The van der Waals surface area contributed by atoms with Crippen molar-refractivity contribution in [2.45, 2.75) is 71.0 Å². The van der Waals surface area contributed by atoms with Crippen LogP contribution in [-0.2, 0) is 31.1 Å². The number of nitrogens with zero attached hydrogens (tertiary/aromatic N) is 5. The number of aliphatic hydroxyl groups excluding tert-OH is 1. The zero-order valence-corrected chi connectivity index (χ0v) is 31.8. The average Bonchev–Trinajstić information content (AvgIpc) is 3.82. The minimum absolute atomic E-state index is 0.0145. The van der Waals surface area contributed by atoms with Crippen LogP contribution in [0.1, 0.15) is 54.9 Å². The second kappa shape index (κ2) is 18.0. The lowest BCUT2D eigenvalue weighted by atomic mass is 10.00. The highest BCUT2D eigenvalue weighted by molar-refractivity contribution is 9.10. The zero-order chi connectivity index (χ0) is 37.3. The topological polar surface area (TPSA) is 146 Å². The lowest BCUT2D eigenvalue weighted by Crippen LogP contribution is -2.36. The number of aryl methyl sites for hydroxylation is 1. The average molecular weight is 802 g/mol. The fraction of sp³-hybridized carbons (Fsp3) is 0.350. The van der Waals surface area contributed by atoms with E-state index in [0.717, 1.165) is 88.5 Å². The number of nitriles is 1. The zero-order valence-electron chi connectivity index (χ0n) is 29.5. The van der Waals surface area contributed by atoms with Crippen molar-refractivity contribution in [2.75, 3.05) is 19.7 Å². The van der Waals surface area contributed by atoms with E-state index in [1.54, 1.807) is 24.4 Å². The number of fused-ring (bicyclic) bond motifs is 1. The van der Waals surface area contributed by atoms with E-state index in [-0.39, 0.29) is 31.9 Å². The third-order valence-electron chi connectivity index (χ3n) is 9.50. The summed E-state index contributed by atoms with van der Waals surface area (Å²) in [7, 11) is 0. The summed E-state index contributed by atoms with van der Waals surface area (Å²) < 4.78 is 15.5. The number of aliphatic carboxylic acids is 1. The summed E-state index contributed by atoms with van der Waals surface area (Å²) >= 11 is 10.6. The SMILES string of the molecule is CC(CO)NCc1cc(Cl)c(OCc2cccc(-c3cccc4c3cnn4CCCCN3CCCC3C(=O)O)c2Br)cc1OCc1cncc(C#N)c1. The number of carboxylic acids is 1. The third-order valence-corrected chi connectivity index (χ3v) is 10.7. The van der Waals surface area contributed by atoms with Crippen molar-refractivity contribution in [3.8, 4) is 28.7 Å². The van der Waals surface area contributed by atoms with E-state index in [1.807, 2.05) is 36.0 Å². The summed E-state index contributed by atoms with van der Waals surface area (Å²) in [6.07, 6.45) is 8.55. The predicted molar refractivity (Wildman–Crippen MR) is 207 cm³/mol. The number of rotatable bonds is 17. The Labute approximate surface area is 322 Å². The van der Waals surface area contributed by atoms with Crippen LogP contribution < -0.4 is 14.8 Å². The van der Waals surface area contributed by atoms with Crippen LogP contribution in [0, 0.1) is 11.3 Å². The Kier molecular flexibility index (Phi) is 13.0. The molecule has 11 nitrogen and oxygen atoms in total. The monoisotopic (exact) mass is 800 g/mol. The maximum atomic E-state index is 11.5. The van der Waals surface area contributed by atoms with Crippen molar-refractivity contribution >= 4 is 44.4 Å². The van der Waals surface area contributed by atoms with Crippen LogP contribution in [0.15, 0.2) is 77.7 Å². The number of unbranched alkanes of at least 4 members (excludes halogenated alkanes) is 1. The van der Waals surface area contributed by atoms with E-state index >= 15 is 0 Å². The summed E-state index contributed by atoms with van der Waals surface area (Å²) in [6, 6.07) is 19.2. The van der Waals surface area contributed by atoms with Crippen LogP contribution >= 0.6 is 27.5 Å².